The second-order valence-electron chi connectivity index (χ2n) is 4.58. The van der Waals surface area contributed by atoms with Gasteiger partial charge in [-0.25, -0.2) is 0 Å². The number of aryl methyl sites for hydroxylation is 2. The lowest BCUT2D eigenvalue weighted by molar-refractivity contribution is 0.733. The molecule has 1 heterocycles. The zero-order valence-corrected chi connectivity index (χ0v) is 10.9. The number of nitrogens with two attached hydrogens (primary N) is 1. The predicted octanol–water partition coefficient (Wildman–Crippen LogP) is 2.39. The number of aromatic nitrogens is 2. The summed E-state index contributed by atoms with van der Waals surface area (Å²) in [6, 6.07) is 6.17. The summed E-state index contributed by atoms with van der Waals surface area (Å²) in [4.78, 5) is 0. The van der Waals surface area contributed by atoms with Crippen LogP contribution in [-0.2, 0) is 7.05 Å². The van der Waals surface area contributed by atoms with Crippen molar-refractivity contribution in [3.05, 3.63) is 52.3 Å². The Morgan fingerprint density at radius 2 is 1.88 bits per heavy atom. The predicted molar refractivity (Wildman–Crippen MR) is 69.9 cm³/mol. The molecule has 0 spiro atoms. The van der Waals surface area contributed by atoms with Crippen LogP contribution in [0.2, 0.25) is 0 Å². The van der Waals surface area contributed by atoms with Crippen LogP contribution >= 0.6 is 0 Å². The largest absolute Gasteiger partial charge is 0.320 e. The summed E-state index contributed by atoms with van der Waals surface area (Å²) in [5, 5.41) is 4.25. The van der Waals surface area contributed by atoms with Crippen LogP contribution in [0.15, 0.2) is 24.4 Å². The van der Waals surface area contributed by atoms with E-state index in [1.807, 2.05) is 24.9 Å². The molecule has 0 amide bonds. The van der Waals surface area contributed by atoms with Gasteiger partial charge in [0.1, 0.15) is 0 Å². The Hall–Kier alpha value is -1.61. The summed E-state index contributed by atoms with van der Waals surface area (Å²) in [6.45, 7) is 6.28. The van der Waals surface area contributed by atoms with Gasteiger partial charge in [-0.05, 0) is 37.5 Å². The lowest BCUT2D eigenvalue weighted by Crippen LogP contribution is -2.14. The van der Waals surface area contributed by atoms with Crippen LogP contribution in [0.25, 0.3) is 0 Å². The van der Waals surface area contributed by atoms with Gasteiger partial charge in [0.15, 0.2) is 0 Å². The van der Waals surface area contributed by atoms with E-state index in [1.165, 1.54) is 16.7 Å². The average Bonchev–Trinajstić information content (AvgIpc) is 2.63. The van der Waals surface area contributed by atoms with Crippen LogP contribution in [0.4, 0.5) is 0 Å². The molecule has 0 aliphatic carbocycles. The van der Waals surface area contributed by atoms with E-state index in [0.29, 0.717) is 0 Å². The molecule has 1 atom stereocenters. The van der Waals surface area contributed by atoms with Gasteiger partial charge >= 0.3 is 0 Å². The van der Waals surface area contributed by atoms with Gasteiger partial charge in [-0.3, -0.25) is 4.68 Å². The summed E-state index contributed by atoms with van der Waals surface area (Å²) >= 11 is 0. The quantitative estimate of drug-likeness (QED) is 0.859. The molecule has 0 bridgehead atoms. The molecule has 3 heteroatoms. The van der Waals surface area contributed by atoms with Gasteiger partial charge in [0, 0.05) is 18.3 Å². The van der Waals surface area contributed by atoms with E-state index in [-0.39, 0.29) is 6.04 Å². The van der Waals surface area contributed by atoms with Crippen LogP contribution < -0.4 is 5.73 Å². The zero-order chi connectivity index (χ0) is 12.6. The van der Waals surface area contributed by atoms with Crippen LogP contribution in [0.1, 0.15) is 34.0 Å². The zero-order valence-electron chi connectivity index (χ0n) is 10.9. The van der Waals surface area contributed by atoms with Crippen molar-refractivity contribution in [1.82, 2.24) is 9.78 Å². The SMILES string of the molecule is Cc1cccc(C(N)c2cnn(C)c2C)c1C. The Labute approximate surface area is 102 Å². The second-order valence-corrected chi connectivity index (χ2v) is 4.58. The smallest absolute Gasteiger partial charge is 0.0588 e. The van der Waals surface area contributed by atoms with E-state index < -0.39 is 0 Å². The minimum atomic E-state index is -0.0939. The van der Waals surface area contributed by atoms with Gasteiger partial charge in [0.05, 0.1) is 12.2 Å². The van der Waals surface area contributed by atoms with Crippen LogP contribution in [-0.4, -0.2) is 9.78 Å². The minimum Gasteiger partial charge on any atom is -0.320 e. The maximum Gasteiger partial charge on any atom is 0.0588 e. The average molecular weight is 229 g/mol. The van der Waals surface area contributed by atoms with E-state index >= 15 is 0 Å². The monoisotopic (exact) mass is 229 g/mol. The van der Waals surface area contributed by atoms with E-state index in [9.17, 15) is 0 Å². The fourth-order valence-electron chi connectivity index (χ4n) is 2.10. The highest BCUT2D eigenvalue weighted by Gasteiger charge is 2.16. The highest BCUT2D eigenvalue weighted by Crippen LogP contribution is 2.26. The van der Waals surface area contributed by atoms with E-state index in [0.717, 1.165) is 11.3 Å². The molecule has 0 saturated heterocycles. The Morgan fingerprint density at radius 3 is 2.47 bits per heavy atom. The van der Waals surface area contributed by atoms with Crippen LogP contribution in [0.5, 0.6) is 0 Å². The summed E-state index contributed by atoms with van der Waals surface area (Å²) in [7, 11) is 1.94. The third-order valence-corrected chi connectivity index (χ3v) is 3.59. The summed E-state index contributed by atoms with van der Waals surface area (Å²) in [6.07, 6.45) is 1.86. The molecule has 1 aromatic carbocycles. The van der Waals surface area contributed by atoms with E-state index in [1.54, 1.807) is 0 Å². The number of hydrogen-bond acceptors (Lipinski definition) is 2. The van der Waals surface area contributed by atoms with Crippen molar-refractivity contribution in [2.45, 2.75) is 26.8 Å². The third-order valence-electron chi connectivity index (χ3n) is 3.59. The van der Waals surface area contributed by atoms with Crippen molar-refractivity contribution in [2.75, 3.05) is 0 Å². The molecule has 17 heavy (non-hydrogen) atoms. The van der Waals surface area contributed by atoms with Crippen molar-refractivity contribution in [3.63, 3.8) is 0 Å². The lowest BCUT2D eigenvalue weighted by atomic mass is 9.94. The first kappa shape index (κ1) is 11.9. The second kappa shape index (κ2) is 4.34. The first-order chi connectivity index (χ1) is 8.02. The molecule has 0 fully saturated rings. The van der Waals surface area contributed by atoms with Crippen molar-refractivity contribution in [2.24, 2.45) is 12.8 Å². The van der Waals surface area contributed by atoms with Gasteiger partial charge in [-0.2, -0.15) is 5.10 Å². The van der Waals surface area contributed by atoms with E-state index in [4.69, 9.17) is 5.73 Å². The molecule has 0 aliphatic rings. The van der Waals surface area contributed by atoms with Crippen molar-refractivity contribution < 1.29 is 0 Å². The fraction of sp³-hybridized carbons (Fsp3) is 0.357. The normalized spacial score (nSPS) is 12.8. The molecule has 2 rings (SSSR count). The third kappa shape index (κ3) is 1.98. The maximum absolute atomic E-state index is 6.35. The molecule has 2 N–H and O–H groups in total. The molecule has 0 radical (unpaired) electrons. The van der Waals surface area contributed by atoms with Crippen molar-refractivity contribution >= 4 is 0 Å². The van der Waals surface area contributed by atoms with Crippen LogP contribution in [0.3, 0.4) is 0 Å². The molecule has 1 aromatic heterocycles. The number of benzene rings is 1. The molecule has 2 aromatic rings. The Morgan fingerprint density at radius 1 is 1.18 bits per heavy atom. The van der Waals surface area contributed by atoms with Gasteiger partial charge in [-0.1, -0.05) is 18.2 Å². The highest BCUT2D eigenvalue weighted by molar-refractivity contribution is 5.40. The molecule has 1 unspecified atom stereocenters. The summed E-state index contributed by atoms with van der Waals surface area (Å²) < 4.78 is 1.86. The Bertz CT molecular complexity index is 540. The van der Waals surface area contributed by atoms with Crippen molar-refractivity contribution in [1.29, 1.82) is 0 Å². The van der Waals surface area contributed by atoms with Gasteiger partial charge in [-0.15, -0.1) is 0 Å². The first-order valence-electron chi connectivity index (χ1n) is 5.82. The molecule has 3 nitrogen and oxygen atoms in total. The standard InChI is InChI=1S/C14H19N3/c1-9-6-5-7-12(10(9)2)14(15)13-8-16-17(4)11(13)3/h5-8,14H,15H2,1-4H3. The van der Waals surface area contributed by atoms with Gasteiger partial charge in [0.25, 0.3) is 0 Å². The lowest BCUT2D eigenvalue weighted by Gasteiger charge is -2.16. The molecule has 90 valence electrons. The Balaban J connectivity index is 2.47. The van der Waals surface area contributed by atoms with Gasteiger partial charge < -0.3 is 5.73 Å². The first-order valence-corrected chi connectivity index (χ1v) is 5.82. The number of hydrogen-bond donors (Lipinski definition) is 1. The highest BCUT2D eigenvalue weighted by atomic mass is 15.3. The molecule has 0 aliphatic heterocycles. The molecular weight excluding hydrogens is 210 g/mol. The summed E-state index contributed by atoms with van der Waals surface area (Å²) in [5.41, 5.74) is 12.3. The number of nitrogens with zero attached hydrogens (tertiary/aromatic N) is 2. The molecular formula is C14H19N3. The van der Waals surface area contributed by atoms with Gasteiger partial charge in [0.2, 0.25) is 0 Å². The topological polar surface area (TPSA) is 43.8 Å². The Kier molecular flexibility index (Phi) is 3.03. The minimum absolute atomic E-state index is 0.0939. The number of rotatable bonds is 2. The summed E-state index contributed by atoms with van der Waals surface area (Å²) in [5.74, 6) is 0. The van der Waals surface area contributed by atoms with Crippen LogP contribution in [0, 0.1) is 20.8 Å². The van der Waals surface area contributed by atoms with Crippen molar-refractivity contribution in [3.8, 4) is 0 Å². The maximum atomic E-state index is 6.35. The fourth-order valence-corrected chi connectivity index (χ4v) is 2.10. The molecule has 0 saturated carbocycles. The van der Waals surface area contributed by atoms with E-state index in [2.05, 4.69) is 37.1 Å².